The molecule has 0 bridgehead atoms. The summed E-state index contributed by atoms with van der Waals surface area (Å²) in [4.78, 5) is 32.4. The first kappa shape index (κ1) is 21.9. The Hall–Kier alpha value is -4.59. The van der Waals surface area contributed by atoms with E-state index in [0.29, 0.717) is 24.3 Å². The number of rotatable bonds is 6. The summed E-state index contributed by atoms with van der Waals surface area (Å²) in [6.07, 6.45) is 1.65. The molecule has 3 aromatic heterocycles. The Kier molecular flexibility index (Phi) is 5.03. The van der Waals surface area contributed by atoms with E-state index in [4.69, 9.17) is 18.1 Å². The minimum Gasteiger partial charge on any atom is -0.480 e. The van der Waals surface area contributed by atoms with Crippen LogP contribution >= 0.6 is 0 Å². The van der Waals surface area contributed by atoms with Crippen LogP contribution in [-0.4, -0.2) is 32.3 Å². The molecule has 1 amide bonds. The van der Waals surface area contributed by atoms with Crippen molar-refractivity contribution in [1.82, 2.24) is 15.1 Å². The minimum atomic E-state index is -1.10. The number of hydrogen-bond donors (Lipinski definition) is 2. The quantitative estimate of drug-likeness (QED) is 0.371. The summed E-state index contributed by atoms with van der Waals surface area (Å²) in [6.45, 7) is 1.78. The van der Waals surface area contributed by atoms with Gasteiger partial charge in [0.2, 0.25) is 11.5 Å². The van der Waals surface area contributed by atoms with Crippen molar-refractivity contribution in [3.8, 4) is 11.8 Å². The Morgan fingerprint density at radius 1 is 1.17 bits per heavy atom. The monoisotopic (exact) mass is 488 g/mol. The van der Waals surface area contributed by atoms with Gasteiger partial charge in [-0.2, -0.15) is 9.97 Å². The van der Waals surface area contributed by atoms with E-state index in [-0.39, 0.29) is 34.8 Å². The Morgan fingerprint density at radius 2 is 1.94 bits per heavy atom. The van der Waals surface area contributed by atoms with Crippen LogP contribution < -0.4 is 5.32 Å². The van der Waals surface area contributed by atoms with Gasteiger partial charge in [-0.1, -0.05) is 35.5 Å². The predicted molar refractivity (Wildman–Crippen MR) is 122 cm³/mol. The molecule has 3 heterocycles. The van der Waals surface area contributed by atoms with Crippen molar-refractivity contribution in [2.24, 2.45) is 0 Å². The number of hydrogen-bond acceptors (Lipinski definition) is 9. The fourth-order valence-corrected chi connectivity index (χ4v) is 3.87. The first-order valence-electron chi connectivity index (χ1n) is 11.5. The number of anilines is 1. The molecule has 4 aromatic rings. The van der Waals surface area contributed by atoms with Crippen LogP contribution in [0.2, 0.25) is 0 Å². The van der Waals surface area contributed by atoms with Gasteiger partial charge in [0.1, 0.15) is 17.2 Å². The zero-order valence-corrected chi connectivity index (χ0v) is 19.1. The second kappa shape index (κ2) is 8.27. The molecule has 1 aromatic carbocycles. The van der Waals surface area contributed by atoms with E-state index in [2.05, 4.69) is 32.3 Å². The molecular weight excluding hydrogens is 468 g/mol. The average molecular weight is 488 g/mol. The Labute approximate surface area is 203 Å². The number of ether oxygens (including phenoxy) is 1. The van der Waals surface area contributed by atoms with Crippen LogP contribution in [0.3, 0.4) is 0 Å². The lowest BCUT2D eigenvalue weighted by atomic mass is 10.1. The summed E-state index contributed by atoms with van der Waals surface area (Å²) < 4.78 is 21.9. The number of aromatic nitrogens is 3. The molecule has 11 heteroatoms. The third-order valence-corrected chi connectivity index (χ3v) is 6.28. The molecule has 2 aliphatic rings. The molecule has 0 radical (unpaired) electrons. The van der Waals surface area contributed by atoms with Gasteiger partial charge in [-0.15, -0.1) is 0 Å². The molecule has 2 saturated carbocycles. The van der Waals surface area contributed by atoms with Gasteiger partial charge in [0.05, 0.1) is 0 Å². The molecule has 1 atom stereocenters. The van der Waals surface area contributed by atoms with Crippen molar-refractivity contribution in [2.75, 3.05) is 5.32 Å². The largest absolute Gasteiger partial charge is 0.480 e. The van der Waals surface area contributed by atoms with E-state index >= 15 is 0 Å². The van der Waals surface area contributed by atoms with E-state index in [0.717, 1.165) is 18.4 Å². The summed E-state index contributed by atoms with van der Waals surface area (Å²) >= 11 is 0. The molecule has 2 aliphatic carbocycles. The van der Waals surface area contributed by atoms with Crippen LogP contribution in [0.15, 0.2) is 43.7 Å². The number of carbonyl (C=O) groups excluding carboxylic acids is 1. The second-order valence-corrected chi connectivity index (χ2v) is 8.91. The van der Waals surface area contributed by atoms with E-state index in [9.17, 15) is 14.7 Å². The molecule has 2 fully saturated rings. The van der Waals surface area contributed by atoms with Gasteiger partial charge >= 0.3 is 17.8 Å². The Balaban J connectivity index is 1.21. The van der Waals surface area contributed by atoms with Crippen LogP contribution in [0.4, 0.5) is 10.5 Å². The Morgan fingerprint density at radius 3 is 2.61 bits per heavy atom. The molecule has 182 valence electrons. The van der Waals surface area contributed by atoms with Gasteiger partial charge in [-0.25, -0.2) is 4.79 Å². The molecule has 6 rings (SSSR count). The summed E-state index contributed by atoms with van der Waals surface area (Å²) in [5.41, 5.74) is 0.455. The topological polar surface area (TPSA) is 154 Å². The lowest BCUT2D eigenvalue weighted by Gasteiger charge is -2.14. The highest BCUT2D eigenvalue weighted by Gasteiger charge is 2.56. The zero-order chi connectivity index (χ0) is 24.9. The van der Waals surface area contributed by atoms with E-state index in [1.165, 1.54) is 0 Å². The number of aliphatic carboxylic acids is 1. The molecule has 2 N–H and O–H groups in total. The van der Waals surface area contributed by atoms with Crippen LogP contribution in [-0.2, 0) is 14.9 Å². The summed E-state index contributed by atoms with van der Waals surface area (Å²) in [5.74, 6) is 5.33. The third-order valence-electron chi connectivity index (χ3n) is 6.28. The average Bonchev–Trinajstić information content (AvgIpc) is 3.76. The predicted octanol–water partition coefficient (Wildman–Crippen LogP) is 4.51. The van der Waals surface area contributed by atoms with Gasteiger partial charge in [0.25, 0.3) is 5.89 Å². The van der Waals surface area contributed by atoms with Gasteiger partial charge in [0.15, 0.2) is 11.5 Å². The van der Waals surface area contributed by atoms with Crippen molar-refractivity contribution in [1.29, 1.82) is 0 Å². The van der Waals surface area contributed by atoms with Gasteiger partial charge in [0, 0.05) is 11.8 Å². The number of nitrogens with zero attached hydrogens (tertiary/aromatic N) is 3. The number of benzene rings is 1. The maximum atomic E-state index is 12.6. The number of oxazole rings is 2. The smallest absolute Gasteiger partial charge is 0.412 e. The maximum Gasteiger partial charge on any atom is 0.412 e. The SMILES string of the molecule is CC(OC(=O)Nc1c(C#Cc2nc3nc(C4(C(=O)O)CC4)oc3o2)noc1C1CC1)c1ccccc1. The normalized spacial score (nSPS) is 16.7. The Bertz CT molecular complexity index is 1500. The van der Waals surface area contributed by atoms with Crippen molar-refractivity contribution in [3.63, 3.8) is 0 Å². The number of nitrogens with one attached hydrogen (secondary N) is 1. The molecule has 11 nitrogen and oxygen atoms in total. The summed E-state index contributed by atoms with van der Waals surface area (Å²) in [6, 6.07) is 9.39. The fraction of sp³-hybridized carbons (Fsp3) is 0.320. The van der Waals surface area contributed by atoms with Gasteiger partial charge in [-0.05, 0) is 44.1 Å². The van der Waals surface area contributed by atoms with Crippen molar-refractivity contribution < 1.29 is 32.8 Å². The van der Waals surface area contributed by atoms with Gasteiger partial charge in [-0.3, -0.25) is 10.1 Å². The second-order valence-electron chi connectivity index (χ2n) is 8.91. The van der Waals surface area contributed by atoms with E-state index < -0.39 is 23.6 Å². The molecule has 36 heavy (non-hydrogen) atoms. The van der Waals surface area contributed by atoms with Crippen LogP contribution in [0.25, 0.3) is 11.4 Å². The molecule has 1 unspecified atom stereocenters. The van der Waals surface area contributed by atoms with Crippen molar-refractivity contribution >= 4 is 29.2 Å². The summed E-state index contributed by atoms with van der Waals surface area (Å²) in [5, 5.41) is 16.1. The maximum absolute atomic E-state index is 12.6. The van der Waals surface area contributed by atoms with Crippen molar-refractivity contribution in [2.45, 2.75) is 50.0 Å². The van der Waals surface area contributed by atoms with Crippen molar-refractivity contribution in [3.05, 3.63) is 59.1 Å². The molecular formula is C25H20N4O7. The van der Waals surface area contributed by atoms with Crippen LogP contribution in [0.1, 0.15) is 73.4 Å². The highest BCUT2D eigenvalue weighted by Crippen LogP contribution is 2.48. The summed E-state index contributed by atoms with van der Waals surface area (Å²) in [7, 11) is 0. The number of carboxylic acid groups (broad SMARTS) is 1. The van der Waals surface area contributed by atoms with E-state index in [1.54, 1.807) is 6.92 Å². The standard InChI is InChI=1S/C25H20N4O7/c1-13(14-5-3-2-4-6-14)33-24(32)27-18-16(29-36-19(18)15-7-8-15)9-10-17-26-20-21(34-17)35-22(28-20)25(11-12-25)23(30)31/h2-6,13,15H,7-8,11-12H2,1H3,(H,27,32)(H,30,31). The third kappa shape index (κ3) is 3.96. The van der Waals surface area contributed by atoms with Crippen LogP contribution in [0.5, 0.6) is 0 Å². The van der Waals surface area contributed by atoms with Crippen LogP contribution in [0, 0.1) is 11.8 Å². The highest BCUT2D eigenvalue weighted by molar-refractivity contribution is 5.87. The zero-order valence-electron chi connectivity index (χ0n) is 19.1. The number of carboxylic acids is 1. The van der Waals surface area contributed by atoms with E-state index in [1.807, 2.05) is 30.3 Å². The molecule has 0 saturated heterocycles. The minimum absolute atomic E-state index is 0.00234. The lowest BCUT2D eigenvalue weighted by Crippen LogP contribution is -2.19. The molecule has 0 aliphatic heterocycles. The van der Waals surface area contributed by atoms with Gasteiger partial charge < -0.3 is 23.2 Å². The number of fused-ring (bicyclic) bond motifs is 1. The number of amides is 1. The first-order valence-corrected chi connectivity index (χ1v) is 11.5. The highest BCUT2D eigenvalue weighted by atomic mass is 16.6. The first-order chi connectivity index (χ1) is 17.4. The fourth-order valence-electron chi connectivity index (χ4n) is 3.87. The molecule has 0 spiro atoms. The lowest BCUT2D eigenvalue weighted by molar-refractivity contribution is -0.140. The number of carbonyl (C=O) groups is 2.